The third-order valence-corrected chi connectivity index (χ3v) is 4.82. The van der Waals surface area contributed by atoms with Crippen LogP contribution in [0.3, 0.4) is 0 Å². The maximum absolute atomic E-state index is 11.8. The summed E-state index contributed by atoms with van der Waals surface area (Å²) in [6.45, 7) is 3.10. The van der Waals surface area contributed by atoms with E-state index in [0.29, 0.717) is 24.6 Å². The zero-order valence-electron chi connectivity index (χ0n) is 15.8. The summed E-state index contributed by atoms with van der Waals surface area (Å²) in [7, 11) is 1.71. The van der Waals surface area contributed by atoms with Crippen LogP contribution < -0.4 is 21.7 Å². The molecule has 0 atom stereocenters. The molecular formula is C18H25IN6O2S. The minimum absolute atomic E-state index is 0. The van der Waals surface area contributed by atoms with Gasteiger partial charge in [0.25, 0.3) is 5.91 Å². The molecule has 152 valence electrons. The molecule has 2 amide bonds. The van der Waals surface area contributed by atoms with Crippen LogP contribution in [0.2, 0.25) is 0 Å². The van der Waals surface area contributed by atoms with Gasteiger partial charge in [-0.15, -0.1) is 35.3 Å². The van der Waals surface area contributed by atoms with Gasteiger partial charge in [-0.3, -0.25) is 14.6 Å². The highest BCUT2D eigenvalue weighted by atomic mass is 127. The van der Waals surface area contributed by atoms with Gasteiger partial charge in [-0.2, -0.15) is 0 Å². The van der Waals surface area contributed by atoms with Gasteiger partial charge < -0.3 is 21.7 Å². The molecule has 0 saturated carbocycles. The Morgan fingerprint density at radius 2 is 1.82 bits per heavy atom. The number of aromatic nitrogens is 1. The molecule has 2 aromatic rings. The number of aryl methyl sites for hydroxylation is 1. The van der Waals surface area contributed by atoms with Crippen LogP contribution >= 0.6 is 35.3 Å². The number of guanidine groups is 1. The zero-order valence-corrected chi connectivity index (χ0v) is 19.0. The Morgan fingerprint density at radius 1 is 1.14 bits per heavy atom. The lowest BCUT2D eigenvalue weighted by molar-refractivity contribution is -0.117. The predicted octanol–water partition coefficient (Wildman–Crippen LogP) is 1.40. The molecular weight excluding hydrogens is 491 g/mol. The summed E-state index contributed by atoms with van der Waals surface area (Å²) in [5.41, 5.74) is 6.47. The number of rotatable bonds is 8. The lowest BCUT2D eigenvalue weighted by Crippen LogP contribution is -2.36. The molecule has 2 rings (SSSR count). The van der Waals surface area contributed by atoms with Crippen molar-refractivity contribution in [3.8, 4) is 0 Å². The van der Waals surface area contributed by atoms with E-state index in [1.807, 2.05) is 18.3 Å². The van der Waals surface area contributed by atoms with E-state index in [9.17, 15) is 9.59 Å². The highest BCUT2D eigenvalue weighted by molar-refractivity contribution is 14.0. The number of amides is 2. The molecule has 0 aliphatic rings. The maximum Gasteiger partial charge on any atom is 0.251 e. The van der Waals surface area contributed by atoms with Crippen molar-refractivity contribution >= 4 is 53.1 Å². The standard InChI is InChI=1S/C18H24N6O2S.HI/c1-3-14-9-21-16(27-14)11-24-18(20-2)23-8-12-4-6-13(7-5-12)17(26)22-10-15(19)25;/h4-7,9H,3,8,10-11H2,1-2H3,(H2,19,25)(H,22,26)(H2,20,23,24);1H. The normalized spacial score (nSPS) is 10.7. The number of nitrogens with zero attached hydrogens (tertiary/aromatic N) is 2. The molecule has 0 spiro atoms. The predicted molar refractivity (Wildman–Crippen MR) is 122 cm³/mol. The molecule has 0 unspecified atom stereocenters. The number of primary amides is 1. The highest BCUT2D eigenvalue weighted by Crippen LogP contribution is 2.12. The summed E-state index contributed by atoms with van der Waals surface area (Å²) in [6, 6.07) is 7.08. The molecule has 1 heterocycles. The van der Waals surface area contributed by atoms with E-state index in [-0.39, 0.29) is 36.4 Å². The second-order valence-electron chi connectivity index (χ2n) is 5.70. The van der Waals surface area contributed by atoms with Crippen LogP contribution in [0.25, 0.3) is 0 Å². The van der Waals surface area contributed by atoms with E-state index < -0.39 is 5.91 Å². The fourth-order valence-corrected chi connectivity index (χ4v) is 3.00. The van der Waals surface area contributed by atoms with E-state index >= 15 is 0 Å². The molecule has 8 nitrogen and oxygen atoms in total. The Kier molecular flexibility index (Phi) is 10.5. The van der Waals surface area contributed by atoms with E-state index in [4.69, 9.17) is 5.73 Å². The number of thiazole rings is 1. The Morgan fingerprint density at radius 3 is 2.39 bits per heavy atom. The summed E-state index contributed by atoms with van der Waals surface area (Å²) in [5, 5.41) is 9.92. The summed E-state index contributed by atoms with van der Waals surface area (Å²) in [5.74, 6) is -0.237. The fraction of sp³-hybridized carbons (Fsp3) is 0.333. The van der Waals surface area contributed by atoms with Crippen molar-refractivity contribution in [3.63, 3.8) is 0 Å². The number of aliphatic imine (C=N–C) groups is 1. The van der Waals surface area contributed by atoms with E-state index in [1.165, 1.54) is 4.88 Å². The van der Waals surface area contributed by atoms with Gasteiger partial charge >= 0.3 is 0 Å². The quantitative estimate of drug-likeness (QED) is 0.240. The Balaban J connectivity index is 0.00000392. The van der Waals surface area contributed by atoms with Crippen LogP contribution in [0.5, 0.6) is 0 Å². The summed E-state index contributed by atoms with van der Waals surface area (Å²) >= 11 is 1.69. The number of carbonyl (C=O) groups excluding carboxylic acids is 2. The molecule has 0 bridgehead atoms. The van der Waals surface area contributed by atoms with Crippen molar-refractivity contribution in [1.29, 1.82) is 0 Å². The smallest absolute Gasteiger partial charge is 0.251 e. The van der Waals surface area contributed by atoms with Crippen LogP contribution in [-0.2, 0) is 24.3 Å². The zero-order chi connectivity index (χ0) is 19.6. The van der Waals surface area contributed by atoms with Gasteiger partial charge in [0.2, 0.25) is 5.91 Å². The van der Waals surface area contributed by atoms with E-state index in [1.54, 1.807) is 30.5 Å². The van der Waals surface area contributed by atoms with Crippen LogP contribution in [0.4, 0.5) is 0 Å². The number of nitrogens with two attached hydrogens (primary N) is 1. The number of benzene rings is 1. The van der Waals surface area contributed by atoms with Crippen molar-refractivity contribution in [3.05, 3.63) is 51.5 Å². The highest BCUT2D eigenvalue weighted by Gasteiger charge is 2.07. The summed E-state index contributed by atoms with van der Waals surface area (Å²) in [4.78, 5) is 32.4. The molecule has 1 aromatic carbocycles. The van der Waals surface area contributed by atoms with Crippen molar-refractivity contribution in [1.82, 2.24) is 20.9 Å². The van der Waals surface area contributed by atoms with E-state index in [2.05, 4.69) is 32.9 Å². The Bertz CT molecular complexity index is 807. The third kappa shape index (κ3) is 7.80. The van der Waals surface area contributed by atoms with Gasteiger partial charge in [0.15, 0.2) is 5.96 Å². The molecule has 0 fully saturated rings. The molecule has 0 aliphatic heterocycles. The first-order chi connectivity index (χ1) is 13.0. The molecule has 10 heteroatoms. The largest absolute Gasteiger partial charge is 0.368 e. The molecule has 0 radical (unpaired) electrons. The second kappa shape index (κ2) is 12.3. The maximum atomic E-state index is 11.8. The number of halogens is 1. The van der Waals surface area contributed by atoms with Gasteiger partial charge in [-0.1, -0.05) is 19.1 Å². The van der Waals surface area contributed by atoms with Crippen LogP contribution in [0, 0.1) is 0 Å². The summed E-state index contributed by atoms with van der Waals surface area (Å²) in [6.07, 6.45) is 2.89. The van der Waals surface area contributed by atoms with Crippen molar-refractivity contribution in [2.75, 3.05) is 13.6 Å². The van der Waals surface area contributed by atoms with Crippen molar-refractivity contribution in [2.24, 2.45) is 10.7 Å². The molecule has 5 N–H and O–H groups in total. The molecule has 1 aromatic heterocycles. The third-order valence-electron chi connectivity index (χ3n) is 3.68. The average molecular weight is 516 g/mol. The van der Waals surface area contributed by atoms with Crippen LogP contribution in [-0.4, -0.2) is 36.4 Å². The number of hydrogen-bond acceptors (Lipinski definition) is 5. The fourth-order valence-electron chi connectivity index (χ4n) is 2.20. The van der Waals surface area contributed by atoms with Gasteiger partial charge in [-0.25, -0.2) is 4.98 Å². The topological polar surface area (TPSA) is 122 Å². The summed E-state index contributed by atoms with van der Waals surface area (Å²) < 4.78 is 0. The molecule has 0 saturated heterocycles. The lowest BCUT2D eigenvalue weighted by Gasteiger charge is -2.11. The first kappa shape index (κ1) is 23.8. The average Bonchev–Trinajstić information content (AvgIpc) is 3.14. The second-order valence-corrected chi connectivity index (χ2v) is 6.90. The molecule has 28 heavy (non-hydrogen) atoms. The molecule has 0 aliphatic carbocycles. The monoisotopic (exact) mass is 516 g/mol. The minimum Gasteiger partial charge on any atom is -0.368 e. The van der Waals surface area contributed by atoms with Gasteiger partial charge in [0.05, 0.1) is 13.1 Å². The van der Waals surface area contributed by atoms with Crippen molar-refractivity contribution in [2.45, 2.75) is 26.4 Å². The van der Waals surface area contributed by atoms with Crippen LogP contribution in [0.1, 0.15) is 32.7 Å². The van der Waals surface area contributed by atoms with Gasteiger partial charge in [0.1, 0.15) is 5.01 Å². The number of carbonyl (C=O) groups is 2. The Labute approximate surface area is 185 Å². The van der Waals surface area contributed by atoms with Crippen molar-refractivity contribution < 1.29 is 9.59 Å². The van der Waals surface area contributed by atoms with Crippen LogP contribution in [0.15, 0.2) is 35.5 Å². The Hall–Kier alpha value is -2.21. The first-order valence-electron chi connectivity index (χ1n) is 8.55. The van der Waals surface area contributed by atoms with Gasteiger partial charge in [0, 0.05) is 30.2 Å². The number of nitrogens with one attached hydrogen (secondary N) is 3. The lowest BCUT2D eigenvalue weighted by atomic mass is 10.1. The van der Waals surface area contributed by atoms with E-state index in [0.717, 1.165) is 17.0 Å². The minimum atomic E-state index is -0.577. The number of hydrogen-bond donors (Lipinski definition) is 4. The SMILES string of the molecule is CCc1cnc(CNC(=NC)NCc2ccc(C(=O)NCC(N)=O)cc2)s1.I. The van der Waals surface area contributed by atoms with Gasteiger partial charge in [-0.05, 0) is 24.1 Å². The first-order valence-corrected chi connectivity index (χ1v) is 9.37.